The molecule has 7 nitrogen and oxygen atoms in total. The summed E-state index contributed by atoms with van der Waals surface area (Å²) in [7, 11) is 0. The van der Waals surface area contributed by atoms with Crippen LogP contribution in [-0.2, 0) is 11.3 Å². The monoisotopic (exact) mass is 372 g/mol. The molecule has 1 aliphatic rings. The number of hydrogen-bond acceptors (Lipinski definition) is 5. The van der Waals surface area contributed by atoms with Crippen LogP contribution in [0.5, 0.6) is 0 Å². The SMILES string of the molecule is CC(C)N(CCn1ncc2c(NC(=O)C3CCCCC3)ncnc21)C(C)C. The minimum absolute atomic E-state index is 0.0771. The number of carbonyl (C=O) groups excluding carboxylic acids is 1. The zero-order valence-corrected chi connectivity index (χ0v) is 17.0. The molecule has 0 radical (unpaired) electrons. The molecule has 7 heteroatoms. The maximum Gasteiger partial charge on any atom is 0.228 e. The fraction of sp³-hybridized carbons (Fsp3) is 0.700. The number of rotatable bonds is 7. The van der Waals surface area contributed by atoms with Crippen molar-refractivity contribution in [2.45, 2.75) is 78.4 Å². The third kappa shape index (κ3) is 4.64. The lowest BCUT2D eigenvalue weighted by atomic mass is 9.89. The molecule has 0 aromatic carbocycles. The first kappa shape index (κ1) is 19.7. The summed E-state index contributed by atoms with van der Waals surface area (Å²) in [5.74, 6) is 0.754. The maximum atomic E-state index is 12.6. The van der Waals surface area contributed by atoms with E-state index in [0.717, 1.165) is 49.8 Å². The molecule has 2 aromatic heterocycles. The lowest BCUT2D eigenvalue weighted by molar-refractivity contribution is -0.120. The Hall–Kier alpha value is -2.02. The third-order valence-corrected chi connectivity index (χ3v) is 5.55. The van der Waals surface area contributed by atoms with Gasteiger partial charge in [-0.05, 0) is 40.5 Å². The third-order valence-electron chi connectivity index (χ3n) is 5.55. The first-order valence-corrected chi connectivity index (χ1v) is 10.2. The summed E-state index contributed by atoms with van der Waals surface area (Å²) in [4.78, 5) is 23.7. The lowest BCUT2D eigenvalue weighted by Gasteiger charge is -2.30. The van der Waals surface area contributed by atoms with Crippen molar-refractivity contribution in [3.8, 4) is 0 Å². The van der Waals surface area contributed by atoms with Gasteiger partial charge in [0.1, 0.15) is 12.1 Å². The van der Waals surface area contributed by atoms with Gasteiger partial charge in [-0.2, -0.15) is 5.10 Å². The largest absolute Gasteiger partial charge is 0.310 e. The van der Waals surface area contributed by atoms with Gasteiger partial charge in [0.15, 0.2) is 5.65 Å². The first-order chi connectivity index (χ1) is 13.0. The van der Waals surface area contributed by atoms with E-state index in [-0.39, 0.29) is 11.8 Å². The fourth-order valence-electron chi connectivity index (χ4n) is 4.06. The lowest BCUT2D eigenvalue weighted by Crippen LogP contribution is -2.39. The highest BCUT2D eigenvalue weighted by atomic mass is 16.1. The molecular weight excluding hydrogens is 340 g/mol. The zero-order valence-electron chi connectivity index (χ0n) is 17.0. The smallest absolute Gasteiger partial charge is 0.228 e. The number of aromatic nitrogens is 4. The minimum Gasteiger partial charge on any atom is -0.310 e. The van der Waals surface area contributed by atoms with Gasteiger partial charge in [-0.1, -0.05) is 19.3 Å². The van der Waals surface area contributed by atoms with Gasteiger partial charge in [-0.25, -0.2) is 14.6 Å². The normalized spacial score (nSPS) is 16.0. The summed E-state index contributed by atoms with van der Waals surface area (Å²) in [6.45, 7) is 10.5. The summed E-state index contributed by atoms with van der Waals surface area (Å²) < 4.78 is 1.91. The van der Waals surface area contributed by atoms with Crippen LogP contribution in [0.1, 0.15) is 59.8 Å². The van der Waals surface area contributed by atoms with Crippen molar-refractivity contribution < 1.29 is 4.79 Å². The van der Waals surface area contributed by atoms with E-state index < -0.39 is 0 Å². The summed E-state index contributed by atoms with van der Waals surface area (Å²) in [6.07, 6.45) is 8.73. The molecule has 0 spiro atoms. The molecule has 27 heavy (non-hydrogen) atoms. The molecule has 1 aliphatic carbocycles. The molecule has 3 rings (SSSR count). The molecular formula is C20H32N6O. The van der Waals surface area contributed by atoms with Crippen LogP contribution in [0.4, 0.5) is 5.82 Å². The number of hydrogen-bond donors (Lipinski definition) is 1. The van der Waals surface area contributed by atoms with Crippen LogP contribution >= 0.6 is 0 Å². The van der Waals surface area contributed by atoms with Crippen molar-refractivity contribution in [1.29, 1.82) is 0 Å². The van der Waals surface area contributed by atoms with Crippen molar-refractivity contribution >= 4 is 22.8 Å². The van der Waals surface area contributed by atoms with Gasteiger partial charge in [-0.3, -0.25) is 9.69 Å². The van der Waals surface area contributed by atoms with E-state index in [1.165, 1.54) is 12.7 Å². The number of anilines is 1. The van der Waals surface area contributed by atoms with E-state index in [4.69, 9.17) is 0 Å². The van der Waals surface area contributed by atoms with Crippen LogP contribution in [0.15, 0.2) is 12.5 Å². The number of nitrogens with one attached hydrogen (secondary N) is 1. The Morgan fingerprint density at radius 2 is 1.89 bits per heavy atom. The van der Waals surface area contributed by atoms with Crippen LogP contribution in [-0.4, -0.2) is 49.2 Å². The van der Waals surface area contributed by atoms with Crippen LogP contribution in [0.25, 0.3) is 11.0 Å². The molecule has 148 valence electrons. The maximum absolute atomic E-state index is 12.6. The van der Waals surface area contributed by atoms with Crippen molar-refractivity contribution in [1.82, 2.24) is 24.6 Å². The Labute approximate surface area is 161 Å². The standard InChI is InChI=1S/C20H32N6O/c1-14(2)25(15(3)4)10-11-26-19-17(12-23-26)18(21-13-22-19)24-20(27)16-8-6-5-7-9-16/h12-16H,5-11H2,1-4H3,(H,21,22,24,27). The molecule has 1 saturated carbocycles. The highest BCUT2D eigenvalue weighted by Gasteiger charge is 2.22. The van der Waals surface area contributed by atoms with Crippen molar-refractivity contribution in [2.24, 2.45) is 5.92 Å². The Morgan fingerprint density at radius 3 is 2.56 bits per heavy atom. The summed E-state index contributed by atoms with van der Waals surface area (Å²) in [6, 6.07) is 0.957. The Bertz CT molecular complexity index is 755. The van der Waals surface area contributed by atoms with Crippen LogP contribution in [0.2, 0.25) is 0 Å². The molecule has 1 N–H and O–H groups in total. The number of amides is 1. The highest BCUT2D eigenvalue weighted by Crippen LogP contribution is 2.26. The van der Waals surface area contributed by atoms with Gasteiger partial charge < -0.3 is 5.32 Å². The number of carbonyl (C=O) groups is 1. The predicted octanol–water partition coefficient (Wildman–Crippen LogP) is 3.46. The van der Waals surface area contributed by atoms with Gasteiger partial charge in [0.25, 0.3) is 0 Å². The Morgan fingerprint density at radius 1 is 1.19 bits per heavy atom. The molecule has 0 aliphatic heterocycles. The molecule has 0 unspecified atom stereocenters. The van der Waals surface area contributed by atoms with E-state index >= 15 is 0 Å². The highest BCUT2D eigenvalue weighted by molar-refractivity contribution is 5.99. The second kappa shape index (κ2) is 8.78. The summed E-state index contributed by atoms with van der Waals surface area (Å²) in [5.41, 5.74) is 0.774. The molecule has 1 fully saturated rings. The molecule has 0 atom stereocenters. The van der Waals surface area contributed by atoms with E-state index in [1.54, 1.807) is 6.20 Å². The second-order valence-corrected chi connectivity index (χ2v) is 8.08. The van der Waals surface area contributed by atoms with E-state index in [9.17, 15) is 4.79 Å². The average molecular weight is 373 g/mol. The molecule has 2 aromatic rings. The number of fused-ring (bicyclic) bond motifs is 1. The van der Waals surface area contributed by atoms with Crippen molar-refractivity contribution in [3.05, 3.63) is 12.5 Å². The summed E-state index contributed by atoms with van der Waals surface area (Å²) in [5, 5.41) is 8.33. The number of nitrogens with zero attached hydrogens (tertiary/aromatic N) is 5. The van der Waals surface area contributed by atoms with Crippen LogP contribution in [0, 0.1) is 5.92 Å². The van der Waals surface area contributed by atoms with Crippen LogP contribution < -0.4 is 5.32 Å². The van der Waals surface area contributed by atoms with E-state index in [2.05, 4.69) is 53.0 Å². The average Bonchev–Trinajstić information content (AvgIpc) is 3.06. The van der Waals surface area contributed by atoms with Crippen molar-refractivity contribution in [2.75, 3.05) is 11.9 Å². The molecule has 0 saturated heterocycles. The fourth-order valence-corrected chi connectivity index (χ4v) is 4.06. The Kier molecular flexibility index (Phi) is 6.42. The Balaban J connectivity index is 1.73. The second-order valence-electron chi connectivity index (χ2n) is 8.08. The quantitative estimate of drug-likeness (QED) is 0.805. The van der Waals surface area contributed by atoms with Gasteiger partial charge >= 0.3 is 0 Å². The van der Waals surface area contributed by atoms with Gasteiger partial charge in [0.2, 0.25) is 5.91 Å². The van der Waals surface area contributed by atoms with Gasteiger partial charge in [-0.15, -0.1) is 0 Å². The van der Waals surface area contributed by atoms with E-state index in [0.29, 0.717) is 17.9 Å². The molecule has 2 heterocycles. The molecule has 0 bridgehead atoms. The predicted molar refractivity (Wildman–Crippen MR) is 108 cm³/mol. The topological polar surface area (TPSA) is 75.9 Å². The van der Waals surface area contributed by atoms with Gasteiger partial charge in [0.05, 0.1) is 18.1 Å². The van der Waals surface area contributed by atoms with Crippen LogP contribution in [0.3, 0.4) is 0 Å². The van der Waals surface area contributed by atoms with Crippen molar-refractivity contribution in [3.63, 3.8) is 0 Å². The zero-order chi connectivity index (χ0) is 19.4. The van der Waals surface area contributed by atoms with E-state index in [1.807, 2.05) is 4.68 Å². The first-order valence-electron chi connectivity index (χ1n) is 10.2. The molecule has 1 amide bonds. The minimum atomic E-state index is 0.0771. The summed E-state index contributed by atoms with van der Waals surface area (Å²) >= 11 is 0. The van der Waals surface area contributed by atoms with Gasteiger partial charge in [0, 0.05) is 24.5 Å².